The number of rotatable bonds is 18. The minimum Gasteiger partial charge on any atom is -0.494 e. The summed E-state index contributed by atoms with van der Waals surface area (Å²) in [4.78, 5) is 90.2. The molecule has 3 saturated heterocycles. The first-order chi connectivity index (χ1) is 30.4. The molecule has 0 bridgehead atoms. The second-order valence-corrected chi connectivity index (χ2v) is 17.6. The van der Waals surface area contributed by atoms with Crippen molar-refractivity contribution in [1.29, 1.82) is 0 Å². The number of hydrogen-bond donors (Lipinski definition) is 3. The smallest absolute Gasteiger partial charge is 0.317 e. The Morgan fingerprint density at radius 2 is 1.39 bits per heavy atom. The zero-order chi connectivity index (χ0) is 46.4. The number of piperazine rings is 1. The Balaban J connectivity index is 1.08. The van der Waals surface area contributed by atoms with Gasteiger partial charge in [-0.1, -0.05) is 0 Å². The predicted octanol–water partition coefficient (Wildman–Crippen LogP) is -0.997. The van der Waals surface area contributed by atoms with Crippen molar-refractivity contribution in [2.45, 2.75) is 24.8 Å². The van der Waals surface area contributed by atoms with E-state index in [-0.39, 0.29) is 37.6 Å². The van der Waals surface area contributed by atoms with Crippen LogP contribution in [-0.2, 0) is 34.2 Å². The molecule has 354 valence electrons. The summed E-state index contributed by atoms with van der Waals surface area (Å²) in [6, 6.07) is 4.80. The molecule has 20 nitrogen and oxygen atoms in total. The number of pyridine rings is 1. The third kappa shape index (κ3) is 15.9. The van der Waals surface area contributed by atoms with Gasteiger partial charge in [-0.2, -0.15) is 8.42 Å². The van der Waals surface area contributed by atoms with Gasteiger partial charge < -0.3 is 34.9 Å². The molecule has 24 heteroatoms. The van der Waals surface area contributed by atoms with Crippen LogP contribution < -0.4 is 10.1 Å². The fourth-order valence-electron chi connectivity index (χ4n) is 8.05. The first-order valence-electron chi connectivity index (χ1n) is 21.0. The molecule has 3 amide bonds. The molecule has 3 aliphatic heterocycles. The van der Waals surface area contributed by atoms with Gasteiger partial charge in [-0.25, -0.2) is 8.78 Å². The molecule has 0 saturated carbocycles. The lowest BCUT2D eigenvalue weighted by molar-refractivity contribution is -0.140. The normalized spacial score (nSPS) is 20.3. The number of carboxylic acid groups (broad SMARTS) is 2. The van der Waals surface area contributed by atoms with Gasteiger partial charge in [0.25, 0.3) is 11.8 Å². The fourth-order valence-corrected chi connectivity index (χ4v) is 8.81. The highest BCUT2D eigenvalue weighted by atomic mass is 32.3. The van der Waals surface area contributed by atoms with Crippen LogP contribution in [0.2, 0.25) is 0 Å². The SMILES string of the molecule is O=CCN1CCN(CC(=O)O)CCN(CC(=O)O)CCN(CC(=O)N2CCN(CCCOc3ccc4nccc(C(=O)NCC(=O)N5CC(F)(F)CC5CS(=O)(=O)F)c4c3)CC2)CC1. The topological polar surface area (TPSA) is 234 Å². The molecule has 64 heavy (non-hydrogen) atoms. The van der Waals surface area contributed by atoms with E-state index >= 15 is 0 Å². The highest BCUT2D eigenvalue weighted by Gasteiger charge is 2.48. The van der Waals surface area contributed by atoms with Crippen molar-refractivity contribution in [2.75, 3.05) is 137 Å². The first-order valence-corrected chi connectivity index (χ1v) is 22.6. The number of aromatic nitrogens is 1. The van der Waals surface area contributed by atoms with Crippen LogP contribution in [0, 0.1) is 0 Å². The molecule has 3 aliphatic rings. The van der Waals surface area contributed by atoms with Gasteiger partial charge in [-0.05, 0) is 30.7 Å². The average Bonchev–Trinajstić information content (AvgIpc) is 3.53. The number of nitrogens with one attached hydrogen (secondary N) is 1. The Hall–Kier alpha value is -5.01. The number of alkyl halides is 2. The average molecular weight is 928 g/mol. The second kappa shape index (κ2) is 23.3. The molecule has 3 N–H and O–H groups in total. The van der Waals surface area contributed by atoms with Crippen LogP contribution in [0.15, 0.2) is 30.5 Å². The Morgan fingerprint density at radius 1 is 0.812 bits per heavy atom. The number of amides is 3. The number of likely N-dealkylation sites (tertiary alicyclic amines) is 1. The van der Waals surface area contributed by atoms with E-state index in [1.807, 2.05) is 9.80 Å². The lowest BCUT2D eigenvalue weighted by Gasteiger charge is -2.37. The summed E-state index contributed by atoms with van der Waals surface area (Å²) in [5.41, 5.74) is 0.569. The number of hydrogen-bond acceptors (Lipinski definition) is 15. The van der Waals surface area contributed by atoms with Crippen molar-refractivity contribution < 1.29 is 64.8 Å². The Morgan fingerprint density at radius 3 is 1.97 bits per heavy atom. The molecule has 5 rings (SSSR count). The number of aliphatic carboxylic acids is 2. The molecule has 0 radical (unpaired) electrons. The molecule has 0 spiro atoms. The molecule has 3 fully saturated rings. The van der Waals surface area contributed by atoms with E-state index < -0.39 is 71.2 Å². The maximum absolute atomic E-state index is 14.0. The maximum atomic E-state index is 14.0. The third-order valence-electron chi connectivity index (χ3n) is 11.4. The van der Waals surface area contributed by atoms with E-state index in [4.69, 9.17) is 4.74 Å². The molecule has 2 aromatic rings. The van der Waals surface area contributed by atoms with Gasteiger partial charge in [0.1, 0.15) is 17.8 Å². The summed E-state index contributed by atoms with van der Waals surface area (Å²) in [6.07, 6.45) is 1.80. The van der Waals surface area contributed by atoms with E-state index in [9.17, 15) is 60.1 Å². The van der Waals surface area contributed by atoms with Crippen molar-refractivity contribution in [3.63, 3.8) is 0 Å². The van der Waals surface area contributed by atoms with Crippen LogP contribution >= 0.6 is 0 Å². The van der Waals surface area contributed by atoms with Crippen molar-refractivity contribution in [2.24, 2.45) is 0 Å². The number of nitrogens with zero attached hydrogens (tertiary/aromatic N) is 8. The number of carboxylic acids is 2. The minimum atomic E-state index is -5.14. The van der Waals surface area contributed by atoms with Crippen molar-refractivity contribution in [3.8, 4) is 5.75 Å². The van der Waals surface area contributed by atoms with Gasteiger partial charge in [0, 0.05) is 103 Å². The van der Waals surface area contributed by atoms with Gasteiger partial charge in [0.05, 0.1) is 63.0 Å². The van der Waals surface area contributed by atoms with Crippen LogP contribution in [0.25, 0.3) is 10.9 Å². The number of aldehydes is 1. The molecule has 4 heterocycles. The lowest BCUT2D eigenvalue weighted by Crippen LogP contribution is -2.53. The molecule has 1 aromatic heterocycles. The minimum absolute atomic E-state index is 0.0593. The van der Waals surface area contributed by atoms with E-state index in [2.05, 4.69) is 15.2 Å². The van der Waals surface area contributed by atoms with E-state index in [0.29, 0.717) is 120 Å². The highest BCUT2D eigenvalue weighted by molar-refractivity contribution is 7.86. The molecular formula is C40H56F3N9O11S. The number of benzene rings is 1. The van der Waals surface area contributed by atoms with Crippen LogP contribution in [0.3, 0.4) is 0 Å². The van der Waals surface area contributed by atoms with Gasteiger partial charge in [-0.3, -0.25) is 53.5 Å². The Bertz CT molecular complexity index is 2080. The zero-order valence-corrected chi connectivity index (χ0v) is 36.3. The lowest BCUT2D eigenvalue weighted by atomic mass is 10.1. The van der Waals surface area contributed by atoms with Crippen LogP contribution in [0.1, 0.15) is 23.2 Å². The van der Waals surface area contributed by atoms with Gasteiger partial charge in [-0.15, -0.1) is 3.89 Å². The monoisotopic (exact) mass is 927 g/mol. The Kier molecular flexibility index (Phi) is 18.2. The number of carbonyl (C=O) groups excluding carboxylic acids is 4. The predicted molar refractivity (Wildman–Crippen MR) is 224 cm³/mol. The first kappa shape index (κ1) is 50.0. The summed E-state index contributed by atoms with van der Waals surface area (Å²) in [6.45, 7) is 4.48. The van der Waals surface area contributed by atoms with E-state index in [1.165, 1.54) is 12.3 Å². The van der Waals surface area contributed by atoms with Gasteiger partial charge >= 0.3 is 22.2 Å². The summed E-state index contributed by atoms with van der Waals surface area (Å²) >= 11 is 0. The molecule has 0 aliphatic carbocycles. The number of carbonyl (C=O) groups is 6. The van der Waals surface area contributed by atoms with Crippen LogP contribution in [0.5, 0.6) is 5.75 Å². The molecule has 1 unspecified atom stereocenters. The van der Waals surface area contributed by atoms with Crippen LogP contribution in [-0.4, -0.2) is 243 Å². The van der Waals surface area contributed by atoms with E-state index in [1.54, 1.807) is 32.9 Å². The van der Waals surface area contributed by atoms with Crippen molar-refractivity contribution in [1.82, 2.24) is 44.6 Å². The molecular weight excluding hydrogens is 872 g/mol. The summed E-state index contributed by atoms with van der Waals surface area (Å²) in [5, 5.41) is 21.6. The number of halogens is 3. The summed E-state index contributed by atoms with van der Waals surface area (Å²) in [5.74, 6) is -8.00. The quantitative estimate of drug-likeness (QED) is 0.0925. The summed E-state index contributed by atoms with van der Waals surface area (Å²) < 4.78 is 69.7. The van der Waals surface area contributed by atoms with Gasteiger partial charge in [0.2, 0.25) is 11.8 Å². The van der Waals surface area contributed by atoms with Crippen molar-refractivity contribution in [3.05, 3.63) is 36.0 Å². The molecule has 1 atom stereocenters. The zero-order valence-electron chi connectivity index (χ0n) is 35.5. The standard InChI is InChI=1S/C40H56F3N9O11S/c41-40(42)23-30(28-64(43,61)62)52(29-40)35(54)24-45-39(60)32-4-5-44-34-3-2-31(22-33(32)34)63-21-1-6-46-15-17-51(18-16-46)36(55)25-48-9-7-47(19-20-53)8-10-49(26-37(56)57)13-14-50(12-11-48)27-38(58)59/h2-5,20,22,30H,1,6-19,21,23-29H2,(H,45,60)(H,56,57)(H,58,59). The number of fused-ring (bicyclic) bond motifs is 1. The molecule has 1 aromatic carbocycles. The maximum Gasteiger partial charge on any atom is 0.317 e. The fraction of sp³-hybridized carbons (Fsp3) is 0.625. The second-order valence-electron chi connectivity index (χ2n) is 16.2. The largest absolute Gasteiger partial charge is 0.494 e. The number of ether oxygens (including phenoxy) is 1. The Labute approximate surface area is 369 Å². The van der Waals surface area contributed by atoms with Crippen molar-refractivity contribution >= 4 is 57.1 Å². The highest BCUT2D eigenvalue weighted by Crippen LogP contribution is 2.33. The third-order valence-corrected chi connectivity index (χ3v) is 12.2. The van der Waals surface area contributed by atoms with E-state index in [0.717, 1.165) is 6.29 Å². The summed E-state index contributed by atoms with van der Waals surface area (Å²) in [7, 11) is -5.14. The van der Waals surface area contributed by atoms with Gasteiger partial charge in [0.15, 0.2) is 0 Å². The van der Waals surface area contributed by atoms with Crippen LogP contribution in [0.4, 0.5) is 12.7 Å².